The molecular weight excluding hydrogens is 350 g/mol. The van der Waals surface area contributed by atoms with Crippen molar-refractivity contribution in [1.29, 1.82) is 5.26 Å². The van der Waals surface area contributed by atoms with Crippen molar-refractivity contribution in [2.45, 2.75) is 24.1 Å². The van der Waals surface area contributed by atoms with Crippen LogP contribution in [0.25, 0.3) is 22.7 Å². The SMILES string of the molecule is CC(C)SCSc1nc(-c2ncco2)cc(-c2ccccc2)c1C#N. The lowest BCUT2D eigenvalue weighted by atomic mass is 10.0. The highest BCUT2D eigenvalue weighted by atomic mass is 32.2. The zero-order chi connectivity index (χ0) is 17.6. The van der Waals surface area contributed by atoms with Crippen LogP contribution in [-0.2, 0) is 0 Å². The number of aromatic nitrogens is 2. The fraction of sp³-hybridized carbons (Fsp3) is 0.211. The third-order valence-electron chi connectivity index (χ3n) is 3.43. The highest BCUT2D eigenvalue weighted by molar-refractivity contribution is 8.16. The smallest absolute Gasteiger partial charge is 0.245 e. The topological polar surface area (TPSA) is 62.7 Å². The number of hydrogen-bond donors (Lipinski definition) is 0. The van der Waals surface area contributed by atoms with Gasteiger partial charge in [-0.3, -0.25) is 0 Å². The molecule has 0 aliphatic heterocycles. The Balaban J connectivity index is 2.09. The van der Waals surface area contributed by atoms with E-state index < -0.39 is 0 Å². The third-order valence-corrected chi connectivity index (χ3v) is 5.68. The van der Waals surface area contributed by atoms with Gasteiger partial charge in [-0.2, -0.15) is 5.26 Å². The summed E-state index contributed by atoms with van der Waals surface area (Å²) in [6.45, 7) is 4.31. The molecule has 0 radical (unpaired) electrons. The normalized spacial score (nSPS) is 10.8. The average molecular weight is 367 g/mol. The summed E-state index contributed by atoms with van der Waals surface area (Å²) in [4.78, 5) is 8.84. The summed E-state index contributed by atoms with van der Waals surface area (Å²) in [7, 11) is 0. The molecule has 3 rings (SSSR count). The number of hydrogen-bond acceptors (Lipinski definition) is 6. The molecule has 3 aromatic rings. The molecule has 4 nitrogen and oxygen atoms in total. The molecule has 0 aliphatic carbocycles. The van der Waals surface area contributed by atoms with Crippen molar-refractivity contribution in [1.82, 2.24) is 9.97 Å². The standard InChI is InChI=1S/C19H17N3OS2/c1-13(2)24-12-25-19-16(11-20)15(14-6-4-3-5-7-14)10-17(22-19)18-21-8-9-23-18/h3-10,13H,12H2,1-2H3. The van der Waals surface area contributed by atoms with Crippen LogP contribution in [0.2, 0.25) is 0 Å². The summed E-state index contributed by atoms with van der Waals surface area (Å²) in [5.41, 5.74) is 3.06. The summed E-state index contributed by atoms with van der Waals surface area (Å²) < 4.78 is 5.41. The number of benzene rings is 1. The van der Waals surface area contributed by atoms with E-state index in [4.69, 9.17) is 4.42 Å². The summed E-state index contributed by atoms with van der Waals surface area (Å²) >= 11 is 3.40. The number of rotatable bonds is 6. The van der Waals surface area contributed by atoms with Crippen LogP contribution in [0.4, 0.5) is 0 Å². The average Bonchev–Trinajstić information content (AvgIpc) is 3.16. The maximum Gasteiger partial charge on any atom is 0.245 e. The second kappa shape index (κ2) is 8.24. The first-order valence-corrected chi connectivity index (χ1v) is 9.87. The van der Waals surface area contributed by atoms with Gasteiger partial charge in [0.25, 0.3) is 0 Å². The highest BCUT2D eigenvalue weighted by Crippen LogP contribution is 2.35. The first kappa shape index (κ1) is 17.6. The molecule has 0 amide bonds. The van der Waals surface area contributed by atoms with E-state index >= 15 is 0 Å². The van der Waals surface area contributed by atoms with E-state index in [9.17, 15) is 5.26 Å². The van der Waals surface area contributed by atoms with E-state index in [1.165, 1.54) is 6.26 Å². The summed E-state index contributed by atoms with van der Waals surface area (Å²) in [5, 5.41) is 11.8. The molecule has 0 unspecified atom stereocenters. The summed E-state index contributed by atoms with van der Waals surface area (Å²) in [6.07, 6.45) is 3.12. The Kier molecular flexibility index (Phi) is 5.79. The van der Waals surface area contributed by atoms with E-state index in [0.717, 1.165) is 16.2 Å². The Morgan fingerprint density at radius 3 is 2.68 bits per heavy atom. The predicted molar refractivity (Wildman–Crippen MR) is 103 cm³/mol. The molecule has 0 bridgehead atoms. The molecule has 0 N–H and O–H groups in total. The fourth-order valence-electron chi connectivity index (χ4n) is 2.26. The van der Waals surface area contributed by atoms with Gasteiger partial charge < -0.3 is 4.42 Å². The van der Waals surface area contributed by atoms with Crippen molar-refractivity contribution >= 4 is 23.5 Å². The minimum absolute atomic E-state index is 0.458. The molecule has 6 heteroatoms. The summed E-state index contributed by atoms with van der Waals surface area (Å²) in [5.74, 6) is 0.458. The monoisotopic (exact) mass is 367 g/mol. The first-order chi connectivity index (χ1) is 12.2. The van der Waals surface area contributed by atoms with Crippen molar-refractivity contribution in [3.8, 4) is 28.8 Å². The van der Waals surface area contributed by atoms with Gasteiger partial charge in [-0.15, -0.1) is 11.8 Å². The highest BCUT2D eigenvalue weighted by Gasteiger charge is 2.17. The predicted octanol–water partition coefficient (Wildman–Crippen LogP) is 5.47. The van der Waals surface area contributed by atoms with E-state index in [1.54, 1.807) is 18.0 Å². The minimum atomic E-state index is 0.458. The van der Waals surface area contributed by atoms with E-state index in [2.05, 4.69) is 29.9 Å². The molecule has 126 valence electrons. The van der Waals surface area contributed by atoms with Gasteiger partial charge in [-0.05, 0) is 16.9 Å². The molecule has 2 heterocycles. The fourth-order valence-corrected chi connectivity index (χ4v) is 4.54. The Morgan fingerprint density at radius 2 is 2.04 bits per heavy atom. The van der Waals surface area contributed by atoms with Gasteiger partial charge in [-0.1, -0.05) is 55.9 Å². The van der Waals surface area contributed by atoms with Crippen LogP contribution in [0.3, 0.4) is 0 Å². The van der Waals surface area contributed by atoms with Crippen molar-refractivity contribution in [3.05, 3.63) is 54.4 Å². The van der Waals surface area contributed by atoms with E-state index in [0.29, 0.717) is 27.4 Å². The Labute approximate surface area is 155 Å². The zero-order valence-electron chi connectivity index (χ0n) is 14.0. The Morgan fingerprint density at radius 1 is 1.24 bits per heavy atom. The molecule has 0 aliphatic rings. The van der Waals surface area contributed by atoms with Crippen LogP contribution in [-0.4, -0.2) is 20.3 Å². The number of pyridine rings is 1. The van der Waals surface area contributed by atoms with Crippen LogP contribution in [0.5, 0.6) is 0 Å². The lowest BCUT2D eigenvalue weighted by Gasteiger charge is -2.11. The first-order valence-electron chi connectivity index (χ1n) is 7.84. The number of oxazole rings is 1. The van der Waals surface area contributed by atoms with Crippen LogP contribution in [0, 0.1) is 11.3 Å². The molecule has 1 aromatic carbocycles. The second-order valence-corrected chi connectivity index (χ2v) is 8.42. The molecular formula is C19H17N3OS2. The number of nitrogens with zero attached hydrogens (tertiary/aromatic N) is 3. The van der Waals surface area contributed by atoms with Crippen LogP contribution in [0.15, 0.2) is 58.3 Å². The maximum atomic E-state index is 9.74. The molecule has 0 saturated heterocycles. The van der Waals surface area contributed by atoms with Crippen molar-refractivity contribution < 1.29 is 4.42 Å². The van der Waals surface area contributed by atoms with Crippen molar-refractivity contribution in [2.24, 2.45) is 0 Å². The summed E-state index contributed by atoms with van der Waals surface area (Å²) in [6, 6.07) is 14.1. The second-order valence-electron chi connectivity index (χ2n) is 5.53. The van der Waals surface area contributed by atoms with Gasteiger partial charge in [0.05, 0.1) is 11.8 Å². The molecule has 0 spiro atoms. The number of thioether (sulfide) groups is 2. The van der Waals surface area contributed by atoms with Gasteiger partial charge in [-0.25, -0.2) is 9.97 Å². The molecule has 2 aromatic heterocycles. The van der Waals surface area contributed by atoms with Crippen LogP contribution >= 0.6 is 23.5 Å². The largest absolute Gasteiger partial charge is 0.443 e. The van der Waals surface area contributed by atoms with Crippen molar-refractivity contribution in [2.75, 3.05) is 5.08 Å². The van der Waals surface area contributed by atoms with E-state index in [1.807, 2.05) is 48.2 Å². The lowest BCUT2D eigenvalue weighted by molar-refractivity contribution is 0.571. The zero-order valence-corrected chi connectivity index (χ0v) is 15.6. The Hall–Kier alpha value is -2.23. The minimum Gasteiger partial charge on any atom is -0.443 e. The van der Waals surface area contributed by atoms with E-state index in [-0.39, 0.29) is 0 Å². The molecule has 0 fully saturated rings. The molecule has 0 atom stereocenters. The van der Waals surface area contributed by atoms with Crippen LogP contribution < -0.4 is 0 Å². The lowest BCUT2D eigenvalue weighted by Crippen LogP contribution is -1.96. The van der Waals surface area contributed by atoms with Gasteiger partial charge in [0.1, 0.15) is 23.1 Å². The maximum absolute atomic E-state index is 9.74. The van der Waals surface area contributed by atoms with Crippen LogP contribution in [0.1, 0.15) is 19.4 Å². The van der Waals surface area contributed by atoms with Gasteiger partial charge in [0.15, 0.2) is 0 Å². The van der Waals surface area contributed by atoms with Gasteiger partial charge in [0, 0.05) is 10.6 Å². The molecule has 0 saturated carbocycles. The third kappa shape index (κ3) is 4.25. The number of nitriles is 1. The van der Waals surface area contributed by atoms with Gasteiger partial charge >= 0.3 is 0 Å². The quantitative estimate of drug-likeness (QED) is 0.425. The van der Waals surface area contributed by atoms with Crippen molar-refractivity contribution in [3.63, 3.8) is 0 Å². The Bertz CT molecular complexity index is 872. The molecule has 25 heavy (non-hydrogen) atoms. The van der Waals surface area contributed by atoms with Gasteiger partial charge in [0.2, 0.25) is 5.89 Å².